The zero-order chi connectivity index (χ0) is 22.5. The summed E-state index contributed by atoms with van der Waals surface area (Å²) in [6.07, 6.45) is 1.66. The number of amides is 1. The highest BCUT2D eigenvalue weighted by molar-refractivity contribution is 7.99. The van der Waals surface area contributed by atoms with Crippen molar-refractivity contribution < 1.29 is 23.9 Å². The molecule has 3 aromatic heterocycles. The normalized spacial score (nSPS) is 10.6. The van der Waals surface area contributed by atoms with Gasteiger partial charge in [0.05, 0.1) is 25.5 Å². The highest BCUT2D eigenvalue weighted by atomic mass is 32.2. The number of thioether (sulfide) groups is 1. The first-order valence-electron chi connectivity index (χ1n) is 8.90. The van der Waals surface area contributed by atoms with Gasteiger partial charge in [-0.3, -0.25) is 9.78 Å². The van der Waals surface area contributed by atoms with Gasteiger partial charge in [0, 0.05) is 13.2 Å². The fraction of sp³-hybridized carbons (Fsp3) is 0.263. The van der Waals surface area contributed by atoms with Crippen LogP contribution >= 0.6 is 23.1 Å². The Labute approximate surface area is 186 Å². The van der Waals surface area contributed by atoms with Crippen LogP contribution in [0.15, 0.2) is 29.6 Å². The first kappa shape index (κ1) is 22.4. The summed E-state index contributed by atoms with van der Waals surface area (Å²) < 4.78 is 11.3. The second-order valence-corrected chi connectivity index (χ2v) is 8.12. The van der Waals surface area contributed by atoms with Crippen molar-refractivity contribution >= 4 is 45.9 Å². The molecule has 0 aliphatic heterocycles. The molecule has 3 heterocycles. The summed E-state index contributed by atoms with van der Waals surface area (Å²) in [5, 5.41) is 11.7. The van der Waals surface area contributed by atoms with E-state index in [1.165, 1.54) is 26.0 Å². The van der Waals surface area contributed by atoms with Gasteiger partial charge in [-0.25, -0.2) is 9.59 Å². The third-order valence-electron chi connectivity index (χ3n) is 4.22. The zero-order valence-corrected chi connectivity index (χ0v) is 18.8. The number of rotatable bonds is 7. The summed E-state index contributed by atoms with van der Waals surface area (Å²) in [6.45, 7) is 1.60. The first-order valence-corrected chi connectivity index (χ1v) is 10.7. The third kappa shape index (κ3) is 4.75. The van der Waals surface area contributed by atoms with Gasteiger partial charge in [0.25, 0.3) is 0 Å². The molecule has 0 saturated heterocycles. The minimum atomic E-state index is -0.653. The Bertz CT molecular complexity index is 1130. The number of esters is 2. The molecule has 31 heavy (non-hydrogen) atoms. The molecule has 0 fully saturated rings. The van der Waals surface area contributed by atoms with Gasteiger partial charge in [-0.05, 0) is 24.6 Å². The maximum Gasteiger partial charge on any atom is 0.348 e. The van der Waals surface area contributed by atoms with Crippen molar-refractivity contribution in [3.63, 3.8) is 0 Å². The number of carbonyl (C=O) groups is 3. The standard InChI is InChI=1S/C19H19N5O5S2/c1-10-13(17(26)28-3)16(31-14(10)18(27)29-4)21-12(25)9-30-19-23-22-15(24(19)2)11-7-5-6-8-20-11/h5-8H,9H2,1-4H3,(H,21,25). The lowest BCUT2D eigenvalue weighted by Crippen LogP contribution is -2.16. The van der Waals surface area contributed by atoms with Gasteiger partial charge in [0.1, 0.15) is 15.6 Å². The number of nitrogens with zero attached hydrogens (tertiary/aromatic N) is 4. The van der Waals surface area contributed by atoms with Crippen LogP contribution in [0.4, 0.5) is 5.00 Å². The fourth-order valence-electron chi connectivity index (χ4n) is 2.69. The number of pyridine rings is 1. The number of ether oxygens (including phenoxy) is 2. The van der Waals surface area contributed by atoms with Crippen LogP contribution in [0.3, 0.4) is 0 Å². The van der Waals surface area contributed by atoms with Crippen LogP contribution in [0.5, 0.6) is 0 Å². The molecule has 0 aromatic carbocycles. The smallest absolute Gasteiger partial charge is 0.348 e. The van der Waals surface area contributed by atoms with Crippen molar-refractivity contribution in [1.29, 1.82) is 0 Å². The summed E-state index contributed by atoms with van der Waals surface area (Å²) in [6, 6.07) is 5.47. The first-order chi connectivity index (χ1) is 14.9. The zero-order valence-electron chi connectivity index (χ0n) is 17.2. The molecule has 0 unspecified atom stereocenters. The van der Waals surface area contributed by atoms with Gasteiger partial charge >= 0.3 is 11.9 Å². The van der Waals surface area contributed by atoms with Gasteiger partial charge < -0.3 is 19.4 Å². The Kier molecular flexibility index (Phi) is 7.02. The molecule has 10 nitrogen and oxygen atoms in total. The van der Waals surface area contributed by atoms with Crippen molar-refractivity contribution in [2.24, 2.45) is 7.05 Å². The summed E-state index contributed by atoms with van der Waals surface area (Å²) in [7, 11) is 4.26. The molecule has 0 radical (unpaired) electrons. The van der Waals surface area contributed by atoms with Crippen LogP contribution in [0.2, 0.25) is 0 Å². The van der Waals surface area contributed by atoms with Crippen LogP contribution in [0, 0.1) is 6.92 Å². The molecule has 1 N–H and O–H groups in total. The van der Waals surface area contributed by atoms with Crippen LogP contribution in [0.1, 0.15) is 25.6 Å². The predicted molar refractivity (Wildman–Crippen MR) is 115 cm³/mol. The molecule has 0 aliphatic rings. The van der Waals surface area contributed by atoms with E-state index in [2.05, 4.69) is 20.5 Å². The molecule has 0 atom stereocenters. The van der Waals surface area contributed by atoms with Crippen LogP contribution in [-0.2, 0) is 21.3 Å². The minimum Gasteiger partial charge on any atom is -0.465 e. The molecule has 0 aliphatic carbocycles. The largest absolute Gasteiger partial charge is 0.465 e. The predicted octanol–water partition coefficient (Wildman–Crippen LogP) is 2.55. The summed E-state index contributed by atoms with van der Waals surface area (Å²) in [5.74, 6) is -1.04. The van der Waals surface area contributed by atoms with Gasteiger partial charge in [-0.15, -0.1) is 21.5 Å². The molecule has 0 spiro atoms. The lowest BCUT2D eigenvalue weighted by atomic mass is 10.1. The van der Waals surface area contributed by atoms with E-state index < -0.39 is 11.9 Å². The van der Waals surface area contributed by atoms with Gasteiger partial charge in [0.2, 0.25) is 5.91 Å². The number of aromatic nitrogens is 4. The number of methoxy groups -OCH3 is 2. The summed E-state index contributed by atoms with van der Waals surface area (Å²) in [4.78, 5) is 41.1. The van der Waals surface area contributed by atoms with E-state index in [4.69, 9.17) is 9.47 Å². The van der Waals surface area contributed by atoms with E-state index in [0.29, 0.717) is 22.2 Å². The molecule has 3 aromatic rings. The maximum absolute atomic E-state index is 12.5. The van der Waals surface area contributed by atoms with E-state index in [1.807, 2.05) is 12.1 Å². The number of nitrogens with one attached hydrogen (secondary N) is 1. The third-order valence-corrected chi connectivity index (χ3v) is 6.43. The van der Waals surface area contributed by atoms with E-state index in [0.717, 1.165) is 11.3 Å². The molecule has 1 amide bonds. The highest BCUT2D eigenvalue weighted by Gasteiger charge is 2.27. The van der Waals surface area contributed by atoms with E-state index in [-0.39, 0.29) is 27.1 Å². The number of anilines is 1. The van der Waals surface area contributed by atoms with Gasteiger partial charge in [-0.2, -0.15) is 0 Å². The van der Waals surface area contributed by atoms with Crippen LogP contribution < -0.4 is 5.32 Å². The number of carbonyl (C=O) groups excluding carboxylic acids is 3. The Hall–Kier alpha value is -3.25. The Morgan fingerprint density at radius 1 is 1.16 bits per heavy atom. The molecule has 0 bridgehead atoms. The highest BCUT2D eigenvalue weighted by Crippen LogP contribution is 2.34. The van der Waals surface area contributed by atoms with Crippen molar-refractivity contribution in [3.05, 3.63) is 40.4 Å². The minimum absolute atomic E-state index is 0.0132. The summed E-state index contributed by atoms with van der Waals surface area (Å²) in [5.41, 5.74) is 1.18. The molecule has 12 heteroatoms. The summed E-state index contributed by atoms with van der Waals surface area (Å²) >= 11 is 2.14. The molecule has 3 rings (SSSR count). The Morgan fingerprint density at radius 3 is 2.55 bits per heavy atom. The van der Waals surface area contributed by atoms with E-state index in [9.17, 15) is 14.4 Å². The second-order valence-electron chi connectivity index (χ2n) is 6.16. The topological polar surface area (TPSA) is 125 Å². The Balaban J connectivity index is 1.74. The quantitative estimate of drug-likeness (QED) is 0.417. The monoisotopic (exact) mass is 461 g/mol. The SMILES string of the molecule is COC(=O)c1sc(NC(=O)CSc2nnc(-c3ccccn3)n2C)c(C(=O)OC)c1C. The number of hydrogen-bond acceptors (Lipinski definition) is 10. The van der Waals surface area contributed by atoms with Crippen molar-refractivity contribution in [3.8, 4) is 11.5 Å². The lowest BCUT2D eigenvalue weighted by Gasteiger charge is -2.06. The number of hydrogen-bond donors (Lipinski definition) is 1. The van der Waals surface area contributed by atoms with E-state index >= 15 is 0 Å². The van der Waals surface area contributed by atoms with Crippen LogP contribution in [-0.4, -0.2) is 57.6 Å². The van der Waals surface area contributed by atoms with Crippen LogP contribution in [0.25, 0.3) is 11.5 Å². The average molecular weight is 462 g/mol. The van der Waals surface area contributed by atoms with Crippen molar-refractivity contribution in [1.82, 2.24) is 19.7 Å². The molecule has 0 saturated carbocycles. The average Bonchev–Trinajstić information content (AvgIpc) is 3.31. The maximum atomic E-state index is 12.5. The number of thiophene rings is 1. The van der Waals surface area contributed by atoms with Gasteiger partial charge in [-0.1, -0.05) is 17.8 Å². The molecular weight excluding hydrogens is 442 g/mol. The van der Waals surface area contributed by atoms with Crippen molar-refractivity contribution in [2.45, 2.75) is 12.1 Å². The van der Waals surface area contributed by atoms with Gasteiger partial charge in [0.15, 0.2) is 11.0 Å². The molecule has 162 valence electrons. The lowest BCUT2D eigenvalue weighted by molar-refractivity contribution is -0.113. The fourth-order valence-corrected chi connectivity index (χ4v) is 4.53. The molecular formula is C19H19N5O5S2. The van der Waals surface area contributed by atoms with Crippen molar-refractivity contribution in [2.75, 3.05) is 25.3 Å². The second kappa shape index (κ2) is 9.71. The Morgan fingerprint density at radius 2 is 1.90 bits per heavy atom. The van der Waals surface area contributed by atoms with E-state index in [1.54, 1.807) is 30.8 Å².